The quantitative estimate of drug-likeness (QED) is 0.826. The van der Waals surface area contributed by atoms with Crippen LogP contribution in [-0.4, -0.2) is 0 Å². The number of nitrogens with two attached hydrogens (primary N) is 1. The molecule has 2 aromatic carbocycles. The predicted molar refractivity (Wildman–Crippen MR) is 68.5 cm³/mol. The second-order valence-corrected chi connectivity index (χ2v) is 4.79. The van der Waals surface area contributed by atoms with Gasteiger partial charge < -0.3 is 5.73 Å². The number of halogens is 4. The van der Waals surface area contributed by atoms with Crippen LogP contribution in [0, 0.1) is 5.82 Å². The van der Waals surface area contributed by atoms with Gasteiger partial charge in [-0.15, -0.1) is 0 Å². The lowest BCUT2D eigenvalue weighted by atomic mass is 9.85. The molecule has 106 valence electrons. The summed E-state index contributed by atoms with van der Waals surface area (Å²) in [5.74, 6) is -0.480. The fourth-order valence-electron chi connectivity index (χ4n) is 2.00. The van der Waals surface area contributed by atoms with E-state index in [1.165, 1.54) is 30.3 Å². The van der Waals surface area contributed by atoms with Crippen LogP contribution in [0.3, 0.4) is 0 Å². The van der Waals surface area contributed by atoms with E-state index >= 15 is 0 Å². The van der Waals surface area contributed by atoms with Crippen molar-refractivity contribution in [2.45, 2.75) is 18.6 Å². The van der Waals surface area contributed by atoms with Gasteiger partial charge >= 0.3 is 6.18 Å². The summed E-state index contributed by atoms with van der Waals surface area (Å²) in [6, 6.07) is 10.3. The molecule has 0 aromatic heterocycles. The molecule has 20 heavy (non-hydrogen) atoms. The van der Waals surface area contributed by atoms with E-state index in [2.05, 4.69) is 0 Å². The molecule has 0 bridgehead atoms. The van der Waals surface area contributed by atoms with Crippen LogP contribution in [0.15, 0.2) is 48.5 Å². The monoisotopic (exact) mass is 283 g/mol. The van der Waals surface area contributed by atoms with Gasteiger partial charge in [-0.05, 0) is 42.3 Å². The molecule has 0 aliphatic carbocycles. The molecule has 0 saturated heterocycles. The van der Waals surface area contributed by atoms with Gasteiger partial charge in [0.15, 0.2) is 0 Å². The van der Waals surface area contributed by atoms with Crippen molar-refractivity contribution in [2.24, 2.45) is 5.73 Å². The first-order chi connectivity index (χ1) is 9.21. The molecule has 0 aliphatic heterocycles. The molecule has 1 atom stereocenters. The van der Waals surface area contributed by atoms with Crippen molar-refractivity contribution in [1.29, 1.82) is 0 Å². The zero-order chi connectivity index (χ0) is 15.0. The minimum absolute atomic E-state index is 0.276. The highest BCUT2D eigenvalue weighted by molar-refractivity contribution is 5.39. The summed E-state index contributed by atoms with van der Waals surface area (Å²) in [4.78, 5) is 0. The van der Waals surface area contributed by atoms with Crippen molar-refractivity contribution in [3.8, 4) is 0 Å². The van der Waals surface area contributed by atoms with Gasteiger partial charge in [0.25, 0.3) is 0 Å². The molecule has 1 nitrogen and oxygen atoms in total. The fourth-order valence-corrected chi connectivity index (χ4v) is 2.00. The zero-order valence-corrected chi connectivity index (χ0v) is 10.7. The number of rotatable bonds is 2. The van der Waals surface area contributed by atoms with Crippen molar-refractivity contribution in [3.63, 3.8) is 0 Å². The predicted octanol–water partition coefficient (Wildman–Crippen LogP) is 4.07. The Kier molecular flexibility index (Phi) is 3.56. The summed E-state index contributed by atoms with van der Waals surface area (Å²) in [5, 5.41) is 0. The Bertz CT molecular complexity index is 617. The maximum atomic E-state index is 13.2. The van der Waals surface area contributed by atoms with Crippen LogP contribution in [0.25, 0.3) is 0 Å². The summed E-state index contributed by atoms with van der Waals surface area (Å²) in [6.45, 7) is 1.55. The molecule has 2 aromatic rings. The SMILES string of the molecule is CC(N)(c1cccc(F)c1)c1cccc(C(F)(F)F)c1. The Morgan fingerprint density at radius 3 is 1.90 bits per heavy atom. The summed E-state index contributed by atoms with van der Waals surface area (Å²) < 4.78 is 51.4. The van der Waals surface area contributed by atoms with E-state index < -0.39 is 23.1 Å². The third-order valence-electron chi connectivity index (χ3n) is 3.21. The molecule has 0 saturated carbocycles. The first kappa shape index (κ1) is 14.5. The van der Waals surface area contributed by atoms with E-state index in [0.717, 1.165) is 12.1 Å². The van der Waals surface area contributed by atoms with Crippen LogP contribution in [0.2, 0.25) is 0 Å². The first-order valence-corrected chi connectivity index (χ1v) is 5.94. The minimum Gasteiger partial charge on any atom is -0.318 e. The third-order valence-corrected chi connectivity index (χ3v) is 3.21. The topological polar surface area (TPSA) is 26.0 Å². The summed E-state index contributed by atoms with van der Waals surface area (Å²) in [6.07, 6.45) is -4.44. The molecule has 0 fully saturated rings. The van der Waals surface area contributed by atoms with Gasteiger partial charge in [-0.1, -0.05) is 24.3 Å². The van der Waals surface area contributed by atoms with Crippen molar-refractivity contribution in [2.75, 3.05) is 0 Å². The van der Waals surface area contributed by atoms with Gasteiger partial charge in [-0.25, -0.2) is 4.39 Å². The van der Waals surface area contributed by atoms with Crippen LogP contribution in [-0.2, 0) is 11.7 Å². The molecule has 0 aliphatic rings. The number of hydrogen-bond donors (Lipinski definition) is 1. The largest absolute Gasteiger partial charge is 0.416 e. The number of benzene rings is 2. The highest BCUT2D eigenvalue weighted by Gasteiger charge is 2.32. The normalized spacial score (nSPS) is 14.9. The van der Waals surface area contributed by atoms with E-state index in [0.29, 0.717) is 5.56 Å². The highest BCUT2D eigenvalue weighted by Crippen LogP contribution is 2.33. The fraction of sp³-hybridized carbons (Fsp3) is 0.200. The lowest BCUT2D eigenvalue weighted by Crippen LogP contribution is -2.34. The van der Waals surface area contributed by atoms with Gasteiger partial charge in [-0.3, -0.25) is 0 Å². The standard InChI is InChI=1S/C15H13F4N/c1-14(20,11-5-3-7-13(16)9-11)10-4-2-6-12(8-10)15(17,18)19/h2-9H,20H2,1H3. The summed E-state index contributed by atoms with van der Waals surface area (Å²) >= 11 is 0. The second kappa shape index (κ2) is 4.90. The second-order valence-electron chi connectivity index (χ2n) is 4.79. The van der Waals surface area contributed by atoms with E-state index in [4.69, 9.17) is 5.73 Å². The molecule has 0 radical (unpaired) electrons. The van der Waals surface area contributed by atoms with Crippen LogP contribution < -0.4 is 5.73 Å². The lowest BCUT2D eigenvalue weighted by Gasteiger charge is -2.26. The molecule has 5 heteroatoms. The Morgan fingerprint density at radius 1 is 0.850 bits per heavy atom. The number of hydrogen-bond acceptors (Lipinski definition) is 1. The average Bonchev–Trinajstić information content (AvgIpc) is 2.38. The Morgan fingerprint density at radius 2 is 1.35 bits per heavy atom. The van der Waals surface area contributed by atoms with E-state index in [1.54, 1.807) is 13.0 Å². The van der Waals surface area contributed by atoms with Gasteiger partial charge in [0.1, 0.15) is 5.82 Å². The summed E-state index contributed by atoms with van der Waals surface area (Å²) in [5.41, 5.74) is 4.82. The zero-order valence-electron chi connectivity index (χ0n) is 10.7. The van der Waals surface area contributed by atoms with Crippen molar-refractivity contribution < 1.29 is 17.6 Å². The van der Waals surface area contributed by atoms with Crippen molar-refractivity contribution >= 4 is 0 Å². The Labute approximate surface area is 114 Å². The van der Waals surface area contributed by atoms with Crippen LogP contribution in [0.5, 0.6) is 0 Å². The lowest BCUT2D eigenvalue weighted by molar-refractivity contribution is -0.137. The van der Waals surface area contributed by atoms with Crippen LogP contribution >= 0.6 is 0 Å². The molecule has 0 amide bonds. The number of alkyl halides is 3. The minimum atomic E-state index is -4.44. The Hall–Kier alpha value is -1.88. The van der Waals surface area contributed by atoms with Crippen molar-refractivity contribution in [3.05, 3.63) is 71.0 Å². The van der Waals surface area contributed by atoms with Gasteiger partial charge in [0, 0.05) is 0 Å². The highest BCUT2D eigenvalue weighted by atomic mass is 19.4. The molecule has 2 N–H and O–H groups in total. The smallest absolute Gasteiger partial charge is 0.318 e. The van der Waals surface area contributed by atoms with E-state index in [9.17, 15) is 17.6 Å². The van der Waals surface area contributed by atoms with Gasteiger partial charge in [0.05, 0.1) is 11.1 Å². The average molecular weight is 283 g/mol. The van der Waals surface area contributed by atoms with E-state index in [1.807, 2.05) is 0 Å². The molecule has 1 unspecified atom stereocenters. The first-order valence-electron chi connectivity index (χ1n) is 5.94. The molecule has 2 rings (SSSR count). The van der Waals surface area contributed by atoms with Gasteiger partial charge in [-0.2, -0.15) is 13.2 Å². The molecular weight excluding hydrogens is 270 g/mol. The van der Waals surface area contributed by atoms with Crippen LogP contribution in [0.1, 0.15) is 23.6 Å². The maximum Gasteiger partial charge on any atom is 0.416 e. The van der Waals surface area contributed by atoms with Gasteiger partial charge in [0.2, 0.25) is 0 Å². The van der Waals surface area contributed by atoms with Crippen molar-refractivity contribution in [1.82, 2.24) is 0 Å². The maximum absolute atomic E-state index is 13.2. The molecule has 0 heterocycles. The molecular formula is C15H13F4N. The van der Waals surface area contributed by atoms with E-state index in [-0.39, 0.29) is 5.56 Å². The molecule has 0 spiro atoms. The summed E-state index contributed by atoms with van der Waals surface area (Å²) in [7, 11) is 0. The Balaban J connectivity index is 2.49. The third kappa shape index (κ3) is 2.82. The van der Waals surface area contributed by atoms with Crippen LogP contribution in [0.4, 0.5) is 17.6 Å².